The standard InChI is InChI=1S/C19H26N4O2/c1-14-12-21-19(23-11-3-4-16(23)13-24)22-18(14)20-10-9-15-5-7-17(25-2)8-6-15/h5-8,12,16,24H,3-4,9-11,13H2,1-2H3,(H,20,21,22). The molecule has 1 aliphatic rings. The number of aliphatic hydroxyl groups excluding tert-OH is 1. The fourth-order valence-corrected chi connectivity index (χ4v) is 3.16. The molecule has 2 heterocycles. The molecule has 1 atom stereocenters. The quantitative estimate of drug-likeness (QED) is 0.805. The van der Waals surface area contributed by atoms with Crippen LogP contribution < -0.4 is 15.0 Å². The van der Waals surface area contributed by atoms with Crippen molar-refractivity contribution in [2.24, 2.45) is 0 Å². The Labute approximate surface area is 148 Å². The molecule has 1 aliphatic heterocycles. The molecule has 3 rings (SSSR count). The van der Waals surface area contributed by atoms with E-state index in [-0.39, 0.29) is 12.6 Å². The van der Waals surface area contributed by atoms with Gasteiger partial charge in [0.2, 0.25) is 5.95 Å². The van der Waals surface area contributed by atoms with Crippen LogP contribution in [0.25, 0.3) is 0 Å². The van der Waals surface area contributed by atoms with E-state index in [1.54, 1.807) is 7.11 Å². The number of hydrogen-bond acceptors (Lipinski definition) is 6. The number of rotatable bonds is 7. The molecule has 1 unspecified atom stereocenters. The van der Waals surface area contributed by atoms with E-state index in [2.05, 4.69) is 32.3 Å². The van der Waals surface area contributed by atoms with Crippen molar-refractivity contribution in [2.75, 3.05) is 37.0 Å². The third-order valence-corrected chi connectivity index (χ3v) is 4.67. The van der Waals surface area contributed by atoms with E-state index in [9.17, 15) is 5.11 Å². The lowest BCUT2D eigenvalue weighted by Gasteiger charge is -2.23. The summed E-state index contributed by atoms with van der Waals surface area (Å²) in [6, 6.07) is 8.25. The van der Waals surface area contributed by atoms with Gasteiger partial charge in [-0.3, -0.25) is 0 Å². The normalized spacial score (nSPS) is 16.9. The molecule has 2 aromatic rings. The van der Waals surface area contributed by atoms with Gasteiger partial charge < -0.3 is 20.1 Å². The molecule has 1 aromatic carbocycles. The topological polar surface area (TPSA) is 70.5 Å². The van der Waals surface area contributed by atoms with Crippen molar-refractivity contribution in [1.29, 1.82) is 0 Å². The van der Waals surface area contributed by atoms with Crippen molar-refractivity contribution >= 4 is 11.8 Å². The molecule has 134 valence electrons. The molecule has 1 fully saturated rings. The Morgan fingerprint density at radius 2 is 2.12 bits per heavy atom. The maximum Gasteiger partial charge on any atom is 0.227 e. The van der Waals surface area contributed by atoms with Crippen LogP contribution in [0.3, 0.4) is 0 Å². The van der Waals surface area contributed by atoms with Crippen LogP contribution in [0.4, 0.5) is 11.8 Å². The Kier molecular flexibility index (Phi) is 5.71. The van der Waals surface area contributed by atoms with Crippen LogP contribution in [0.1, 0.15) is 24.0 Å². The van der Waals surface area contributed by atoms with Crippen LogP contribution >= 0.6 is 0 Å². The number of nitrogens with one attached hydrogen (secondary N) is 1. The summed E-state index contributed by atoms with van der Waals surface area (Å²) in [7, 11) is 1.67. The number of aryl methyl sites for hydroxylation is 1. The van der Waals surface area contributed by atoms with Gasteiger partial charge >= 0.3 is 0 Å². The number of methoxy groups -OCH3 is 1. The first kappa shape index (κ1) is 17.5. The number of aliphatic hydroxyl groups is 1. The highest BCUT2D eigenvalue weighted by Crippen LogP contribution is 2.24. The molecular weight excluding hydrogens is 316 g/mol. The summed E-state index contributed by atoms with van der Waals surface area (Å²) in [5, 5.41) is 12.9. The van der Waals surface area contributed by atoms with Crippen LogP contribution in [0.15, 0.2) is 30.5 Å². The van der Waals surface area contributed by atoms with Crippen LogP contribution in [0.2, 0.25) is 0 Å². The van der Waals surface area contributed by atoms with E-state index >= 15 is 0 Å². The number of benzene rings is 1. The van der Waals surface area contributed by atoms with E-state index in [1.165, 1.54) is 5.56 Å². The lowest BCUT2D eigenvalue weighted by atomic mass is 10.1. The summed E-state index contributed by atoms with van der Waals surface area (Å²) in [4.78, 5) is 11.2. The molecule has 0 bridgehead atoms. The molecule has 2 N–H and O–H groups in total. The molecule has 0 radical (unpaired) electrons. The fraction of sp³-hybridized carbons (Fsp3) is 0.474. The average molecular weight is 342 g/mol. The van der Waals surface area contributed by atoms with Crippen molar-refractivity contribution in [3.8, 4) is 5.75 Å². The van der Waals surface area contributed by atoms with Gasteiger partial charge in [0.25, 0.3) is 0 Å². The van der Waals surface area contributed by atoms with Crippen molar-refractivity contribution < 1.29 is 9.84 Å². The molecule has 6 nitrogen and oxygen atoms in total. The van der Waals surface area contributed by atoms with Crippen LogP contribution in [-0.2, 0) is 6.42 Å². The SMILES string of the molecule is COc1ccc(CCNc2nc(N3CCCC3CO)ncc2C)cc1. The second kappa shape index (κ2) is 8.16. The monoisotopic (exact) mass is 342 g/mol. The lowest BCUT2D eigenvalue weighted by Crippen LogP contribution is -2.33. The van der Waals surface area contributed by atoms with Gasteiger partial charge in [-0.2, -0.15) is 4.98 Å². The third kappa shape index (κ3) is 4.20. The maximum absolute atomic E-state index is 9.50. The van der Waals surface area contributed by atoms with Crippen molar-refractivity contribution in [3.63, 3.8) is 0 Å². The maximum atomic E-state index is 9.50. The van der Waals surface area contributed by atoms with Gasteiger partial charge in [0.1, 0.15) is 11.6 Å². The predicted molar refractivity (Wildman–Crippen MR) is 99.4 cm³/mol. The summed E-state index contributed by atoms with van der Waals surface area (Å²) in [6.45, 7) is 3.86. The van der Waals surface area contributed by atoms with Crippen LogP contribution in [0, 0.1) is 6.92 Å². The minimum atomic E-state index is 0.134. The van der Waals surface area contributed by atoms with Crippen LogP contribution in [-0.4, -0.2) is 47.9 Å². The van der Waals surface area contributed by atoms with Crippen LogP contribution in [0.5, 0.6) is 5.75 Å². The second-order valence-electron chi connectivity index (χ2n) is 6.40. The molecule has 0 aliphatic carbocycles. The van der Waals surface area contributed by atoms with E-state index < -0.39 is 0 Å². The summed E-state index contributed by atoms with van der Waals surface area (Å²) in [6.07, 6.45) is 4.83. The summed E-state index contributed by atoms with van der Waals surface area (Å²) >= 11 is 0. The summed E-state index contributed by atoms with van der Waals surface area (Å²) in [5.74, 6) is 2.44. The highest BCUT2D eigenvalue weighted by Gasteiger charge is 2.26. The minimum absolute atomic E-state index is 0.134. The summed E-state index contributed by atoms with van der Waals surface area (Å²) in [5.41, 5.74) is 2.28. The first-order valence-corrected chi connectivity index (χ1v) is 8.79. The first-order chi connectivity index (χ1) is 12.2. The Balaban J connectivity index is 1.62. The Morgan fingerprint density at radius 3 is 2.84 bits per heavy atom. The van der Waals surface area contributed by atoms with E-state index in [4.69, 9.17) is 4.74 Å². The van der Waals surface area contributed by atoms with Gasteiger partial charge in [-0.25, -0.2) is 4.98 Å². The lowest BCUT2D eigenvalue weighted by molar-refractivity contribution is 0.265. The van der Waals surface area contributed by atoms with Gasteiger partial charge in [-0.15, -0.1) is 0 Å². The highest BCUT2D eigenvalue weighted by atomic mass is 16.5. The smallest absolute Gasteiger partial charge is 0.227 e. The predicted octanol–water partition coefficient (Wildman–Crippen LogP) is 2.41. The summed E-state index contributed by atoms with van der Waals surface area (Å²) < 4.78 is 5.18. The number of nitrogens with zero attached hydrogens (tertiary/aromatic N) is 3. The fourth-order valence-electron chi connectivity index (χ4n) is 3.16. The largest absolute Gasteiger partial charge is 0.497 e. The van der Waals surface area contributed by atoms with Gasteiger partial charge in [-0.1, -0.05) is 12.1 Å². The Bertz CT molecular complexity index is 690. The molecule has 0 saturated carbocycles. The molecule has 25 heavy (non-hydrogen) atoms. The van der Waals surface area contributed by atoms with Crippen molar-refractivity contribution in [1.82, 2.24) is 9.97 Å². The van der Waals surface area contributed by atoms with E-state index in [1.807, 2.05) is 25.3 Å². The Morgan fingerprint density at radius 1 is 1.32 bits per heavy atom. The van der Waals surface area contributed by atoms with Crippen molar-refractivity contribution in [2.45, 2.75) is 32.2 Å². The number of anilines is 2. The molecule has 6 heteroatoms. The Hall–Kier alpha value is -2.34. The van der Waals surface area contributed by atoms with E-state index in [0.717, 1.165) is 49.5 Å². The van der Waals surface area contributed by atoms with Gasteiger partial charge in [0.15, 0.2) is 0 Å². The minimum Gasteiger partial charge on any atom is -0.497 e. The zero-order valence-corrected chi connectivity index (χ0v) is 14.9. The van der Waals surface area contributed by atoms with E-state index in [0.29, 0.717) is 5.95 Å². The molecule has 1 aromatic heterocycles. The zero-order valence-electron chi connectivity index (χ0n) is 14.9. The number of aromatic nitrogens is 2. The van der Waals surface area contributed by atoms with Crippen molar-refractivity contribution in [3.05, 3.63) is 41.6 Å². The molecule has 1 saturated heterocycles. The van der Waals surface area contributed by atoms with Gasteiger partial charge in [0.05, 0.1) is 19.8 Å². The first-order valence-electron chi connectivity index (χ1n) is 8.79. The highest BCUT2D eigenvalue weighted by molar-refractivity contribution is 5.48. The molecular formula is C19H26N4O2. The number of ether oxygens (including phenoxy) is 1. The zero-order chi connectivity index (χ0) is 17.6. The third-order valence-electron chi connectivity index (χ3n) is 4.67. The van der Waals surface area contributed by atoms with Gasteiger partial charge in [-0.05, 0) is 43.9 Å². The second-order valence-corrected chi connectivity index (χ2v) is 6.40. The number of hydrogen-bond donors (Lipinski definition) is 2. The molecule has 0 spiro atoms. The average Bonchev–Trinajstić information content (AvgIpc) is 3.12. The van der Waals surface area contributed by atoms with Gasteiger partial charge in [0, 0.05) is 24.8 Å². The molecule has 0 amide bonds.